The second-order valence-corrected chi connectivity index (χ2v) is 1.20. The van der Waals surface area contributed by atoms with E-state index in [2.05, 4.69) is 0 Å². The summed E-state index contributed by atoms with van der Waals surface area (Å²) >= 11 is -3.29. The van der Waals surface area contributed by atoms with E-state index in [1.807, 2.05) is 0 Å². The minimum atomic E-state index is -3.29. The molecule has 2 N–H and O–H groups in total. The Labute approximate surface area is 88.3 Å². The van der Waals surface area contributed by atoms with Crippen molar-refractivity contribution in [1.82, 2.24) is 0 Å². The summed E-state index contributed by atoms with van der Waals surface area (Å²) < 4.78 is 23.1. The molecular weight excluding hydrogens is 375 g/mol. The van der Waals surface area contributed by atoms with Gasteiger partial charge in [-0.05, 0) is 0 Å². The molecule has 0 rings (SSSR count). The molecule has 0 aromatic carbocycles. The maximum atomic E-state index is 8.76. The van der Waals surface area contributed by atoms with Crippen LogP contribution in [-0.4, -0.2) is 68.5 Å². The van der Waals surface area contributed by atoms with E-state index in [0.29, 0.717) is 0 Å². The summed E-state index contributed by atoms with van der Waals surface area (Å²) in [5.74, 6) is 0. The van der Waals surface area contributed by atoms with Crippen molar-refractivity contribution < 1.29 is 29.3 Å². The molecule has 0 aromatic rings. The van der Waals surface area contributed by atoms with Crippen molar-refractivity contribution in [2.75, 3.05) is 0 Å². The predicted molar refractivity (Wildman–Crippen MR) is 30.8 cm³/mol. The van der Waals surface area contributed by atoms with Crippen LogP contribution in [0.2, 0.25) is 0 Å². The Balaban J connectivity index is -0.0000000150. The molecule has 0 bridgehead atoms. The molecule has 3 nitrogen and oxygen atoms in total. The normalized spacial score (nSPS) is 5.00. The number of hydrogen-bond donors (Lipinski definition) is 2. The zero-order valence-electron chi connectivity index (χ0n) is 2.01. The van der Waals surface area contributed by atoms with Crippen LogP contribution in [0.15, 0.2) is 0 Å². The molecule has 0 aromatic heterocycles. The predicted octanol–water partition coefficient (Wildman–Crippen LogP) is -3.98. The van der Waals surface area contributed by atoms with Crippen LogP contribution in [0.25, 0.3) is 0 Å². The molecule has 0 fully saturated rings. The standard InChI is InChI=1S/Cu.Ga.In.H2O3Se.6H/c;;;1-4(2)3;;;;;;/h;;;(H2,1,2,3);;;;;;. The third-order valence-electron chi connectivity index (χ3n) is 0. The molecule has 0 unspecified atom stereocenters. The van der Waals surface area contributed by atoms with Crippen molar-refractivity contribution in [3.8, 4) is 0 Å². The van der Waals surface area contributed by atoms with Gasteiger partial charge in [0.15, 0.2) is 0 Å². The van der Waals surface area contributed by atoms with Gasteiger partial charge in [0, 0.05) is 17.1 Å². The maximum absolute atomic E-state index is 8.76. The van der Waals surface area contributed by atoms with Gasteiger partial charge < -0.3 is 0 Å². The minimum absolute atomic E-state index is 0. The van der Waals surface area contributed by atoms with Crippen molar-refractivity contribution >= 4 is 60.1 Å². The average Bonchev–Trinajstić information content (AvgIpc) is 0.811. The fourth-order valence-corrected chi connectivity index (χ4v) is 0. The van der Waals surface area contributed by atoms with Gasteiger partial charge in [0.1, 0.15) is 0 Å². The Bertz CT molecular complexity index is 37.9. The van der Waals surface area contributed by atoms with E-state index in [4.69, 9.17) is 12.2 Å². The molecule has 0 saturated heterocycles. The van der Waals surface area contributed by atoms with Crippen LogP contribution in [0.3, 0.4) is 0 Å². The average molecular weight is 383 g/mol. The van der Waals surface area contributed by atoms with Gasteiger partial charge >= 0.3 is 72.3 Å². The second kappa shape index (κ2) is 15.7. The first kappa shape index (κ1) is 22.8. The van der Waals surface area contributed by atoms with Crippen LogP contribution in [-0.2, 0) is 20.9 Å². The summed E-state index contributed by atoms with van der Waals surface area (Å²) in [5, 5.41) is 0. The molecule has 0 saturated carbocycles. The SMILES string of the molecule is O=[Se](O)O.[Cu].[GaH3].[InH3]. The summed E-state index contributed by atoms with van der Waals surface area (Å²) in [7, 11) is 0. The van der Waals surface area contributed by atoms with E-state index >= 15 is 0 Å². The molecule has 7 heteroatoms. The van der Waals surface area contributed by atoms with Crippen LogP contribution < -0.4 is 0 Å². The second-order valence-electron chi connectivity index (χ2n) is 0.231. The number of hydrogen-bond acceptors (Lipinski definition) is 1. The molecule has 0 aliphatic rings. The van der Waals surface area contributed by atoms with Gasteiger partial charge in [-0.3, -0.25) is 0 Å². The van der Waals surface area contributed by atoms with Gasteiger partial charge in [-0.15, -0.1) is 0 Å². The third kappa shape index (κ3) is 63.2. The van der Waals surface area contributed by atoms with E-state index < -0.39 is 14.5 Å². The van der Waals surface area contributed by atoms with Gasteiger partial charge in [0.05, 0.1) is 0 Å². The molecule has 7 heavy (non-hydrogen) atoms. The van der Waals surface area contributed by atoms with Crippen LogP contribution in [0.5, 0.6) is 0 Å². The van der Waals surface area contributed by atoms with Crippen molar-refractivity contribution in [1.29, 1.82) is 0 Å². The zero-order valence-corrected chi connectivity index (χ0v) is 4.67. The Hall–Kier alpha value is 2.27. The fraction of sp³-hybridized carbons (Fsp3) is 0. The Morgan fingerprint density at radius 1 is 1.29 bits per heavy atom. The van der Waals surface area contributed by atoms with Crippen molar-refractivity contribution in [3.63, 3.8) is 0 Å². The first-order chi connectivity index (χ1) is 1.73. The van der Waals surface area contributed by atoms with Crippen LogP contribution in [0.4, 0.5) is 0 Å². The van der Waals surface area contributed by atoms with Gasteiger partial charge in [-0.2, -0.15) is 0 Å². The summed E-state index contributed by atoms with van der Waals surface area (Å²) in [6.07, 6.45) is 0. The van der Waals surface area contributed by atoms with Gasteiger partial charge in [0.25, 0.3) is 0 Å². The van der Waals surface area contributed by atoms with Crippen LogP contribution >= 0.6 is 0 Å². The third-order valence-corrected chi connectivity index (χ3v) is 0. The fourth-order valence-electron chi connectivity index (χ4n) is 0. The van der Waals surface area contributed by atoms with Crippen molar-refractivity contribution in [2.24, 2.45) is 0 Å². The molecule has 0 amide bonds. The quantitative estimate of drug-likeness (QED) is 0.420. The van der Waals surface area contributed by atoms with Crippen LogP contribution in [0.1, 0.15) is 0 Å². The topological polar surface area (TPSA) is 57.5 Å². The molecule has 0 heterocycles. The Morgan fingerprint density at radius 3 is 1.29 bits per heavy atom. The van der Waals surface area contributed by atoms with E-state index in [0.717, 1.165) is 0 Å². The summed E-state index contributed by atoms with van der Waals surface area (Å²) in [5.41, 5.74) is 0. The monoisotopic (exact) mass is 383 g/mol. The molecule has 1 radical (unpaired) electrons. The Morgan fingerprint density at radius 2 is 1.29 bits per heavy atom. The molecule has 0 spiro atoms. The molecular formula is H8CuGaInO3Se. The van der Waals surface area contributed by atoms with E-state index in [9.17, 15) is 0 Å². The van der Waals surface area contributed by atoms with Crippen molar-refractivity contribution in [3.05, 3.63) is 0 Å². The molecule has 49 valence electrons. The van der Waals surface area contributed by atoms with Crippen LogP contribution in [0, 0.1) is 0 Å². The first-order valence-corrected chi connectivity index (χ1v) is 2.76. The molecule has 0 aliphatic carbocycles. The first-order valence-electron chi connectivity index (χ1n) is 0.532. The number of rotatable bonds is 0. The zero-order chi connectivity index (χ0) is 3.58. The van der Waals surface area contributed by atoms with Gasteiger partial charge in [-0.1, -0.05) is 0 Å². The Kier molecular flexibility index (Phi) is 51.3. The van der Waals surface area contributed by atoms with Crippen molar-refractivity contribution in [2.45, 2.75) is 0 Å². The van der Waals surface area contributed by atoms with Gasteiger partial charge in [-0.25, -0.2) is 0 Å². The van der Waals surface area contributed by atoms with Gasteiger partial charge in [0.2, 0.25) is 0 Å². The molecule has 0 aliphatic heterocycles. The summed E-state index contributed by atoms with van der Waals surface area (Å²) in [4.78, 5) is 0. The summed E-state index contributed by atoms with van der Waals surface area (Å²) in [6, 6.07) is 0. The van der Waals surface area contributed by atoms with E-state index in [1.54, 1.807) is 0 Å². The molecule has 0 atom stereocenters. The van der Waals surface area contributed by atoms with E-state index in [-0.39, 0.29) is 62.7 Å². The van der Waals surface area contributed by atoms with E-state index in [1.165, 1.54) is 0 Å². The summed E-state index contributed by atoms with van der Waals surface area (Å²) in [6.45, 7) is 0.